The van der Waals surface area contributed by atoms with Gasteiger partial charge in [-0.05, 0) is 32.3 Å². The first kappa shape index (κ1) is 17.0. The van der Waals surface area contributed by atoms with Crippen LogP contribution in [-0.2, 0) is 4.74 Å². The molecule has 2 atom stereocenters. The van der Waals surface area contributed by atoms with E-state index in [0.29, 0.717) is 32.3 Å². The number of ether oxygens (including phenoxy) is 2. The zero-order valence-corrected chi connectivity index (χ0v) is 14.1. The molecule has 1 saturated heterocycles. The molecule has 1 N–H and O–H groups in total. The molecule has 5 nitrogen and oxygen atoms in total. The van der Waals surface area contributed by atoms with Gasteiger partial charge in [-0.3, -0.25) is 0 Å². The van der Waals surface area contributed by atoms with Crippen molar-refractivity contribution in [3.8, 4) is 5.75 Å². The molecule has 0 bridgehead atoms. The molecule has 1 aromatic carbocycles. The summed E-state index contributed by atoms with van der Waals surface area (Å²) in [7, 11) is 0. The van der Waals surface area contributed by atoms with Gasteiger partial charge in [0, 0.05) is 31.2 Å². The molecule has 2 aliphatic heterocycles. The van der Waals surface area contributed by atoms with Gasteiger partial charge < -0.3 is 19.7 Å². The Morgan fingerprint density at radius 1 is 1.46 bits per heavy atom. The van der Waals surface area contributed by atoms with Crippen molar-refractivity contribution in [2.45, 2.75) is 32.2 Å². The van der Waals surface area contributed by atoms with E-state index in [4.69, 9.17) is 9.47 Å². The Morgan fingerprint density at radius 3 is 3.17 bits per heavy atom. The van der Waals surface area contributed by atoms with E-state index in [1.165, 1.54) is 6.07 Å². The minimum absolute atomic E-state index is 0.0869. The van der Waals surface area contributed by atoms with Crippen molar-refractivity contribution >= 4 is 6.03 Å². The number of hydrogen-bond donors (Lipinski definition) is 1. The van der Waals surface area contributed by atoms with Crippen molar-refractivity contribution in [3.63, 3.8) is 0 Å². The summed E-state index contributed by atoms with van der Waals surface area (Å²) < 4.78 is 24.9. The number of urea groups is 1. The van der Waals surface area contributed by atoms with E-state index < -0.39 is 0 Å². The van der Waals surface area contributed by atoms with Crippen LogP contribution in [0.3, 0.4) is 0 Å². The highest BCUT2D eigenvalue weighted by Crippen LogP contribution is 2.33. The van der Waals surface area contributed by atoms with Crippen LogP contribution in [0.25, 0.3) is 0 Å². The molecular formula is C18H25FN2O3. The number of nitrogens with zero attached hydrogens (tertiary/aromatic N) is 1. The lowest BCUT2D eigenvalue weighted by Gasteiger charge is -2.23. The highest BCUT2D eigenvalue weighted by atomic mass is 19.1. The molecule has 6 heteroatoms. The summed E-state index contributed by atoms with van der Waals surface area (Å²) in [5.74, 6) is 0.306. The number of fused-ring (bicyclic) bond motifs is 1. The topological polar surface area (TPSA) is 50.8 Å². The number of carbonyl (C=O) groups is 1. The lowest BCUT2D eigenvalue weighted by atomic mass is 10.0. The van der Waals surface area contributed by atoms with Crippen LogP contribution in [-0.4, -0.2) is 43.8 Å². The molecule has 132 valence electrons. The number of amides is 2. The van der Waals surface area contributed by atoms with Gasteiger partial charge in [-0.25, -0.2) is 9.18 Å². The van der Waals surface area contributed by atoms with Gasteiger partial charge in [0.05, 0.1) is 19.3 Å². The van der Waals surface area contributed by atoms with Gasteiger partial charge in [0.15, 0.2) is 11.6 Å². The number of likely N-dealkylation sites (tertiary alicyclic amines) is 1. The Kier molecular flexibility index (Phi) is 5.56. The second kappa shape index (κ2) is 7.83. The number of halogens is 1. The van der Waals surface area contributed by atoms with E-state index in [0.717, 1.165) is 31.4 Å². The fourth-order valence-corrected chi connectivity index (χ4v) is 3.40. The van der Waals surface area contributed by atoms with Gasteiger partial charge in [0.25, 0.3) is 0 Å². The number of hydrogen-bond acceptors (Lipinski definition) is 3. The van der Waals surface area contributed by atoms with E-state index >= 15 is 0 Å². The average Bonchev–Trinajstić information content (AvgIpc) is 2.96. The first-order valence-electron chi connectivity index (χ1n) is 8.73. The summed E-state index contributed by atoms with van der Waals surface area (Å²) in [6.45, 7) is 5.30. The first-order chi connectivity index (χ1) is 11.7. The van der Waals surface area contributed by atoms with Crippen LogP contribution in [0.15, 0.2) is 18.2 Å². The fourth-order valence-electron chi connectivity index (χ4n) is 3.40. The normalized spacial score (nSPS) is 23.3. The highest BCUT2D eigenvalue weighted by molar-refractivity contribution is 5.75. The molecule has 2 aliphatic rings. The standard InChI is InChI=1S/C18H25FN2O3/c1-2-23-12-13-8-9-21(11-13)18(22)20-16-7-4-10-24-17-14(16)5-3-6-15(17)19/h3,5-6,13,16H,2,4,7-12H2,1H3,(H,20,22)/t13-,16-/m1/s1. The quantitative estimate of drug-likeness (QED) is 0.919. The van der Waals surface area contributed by atoms with Crippen LogP contribution in [0.1, 0.15) is 37.8 Å². The first-order valence-corrected chi connectivity index (χ1v) is 8.73. The maximum atomic E-state index is 14.0. The zero-order valence-electron chi connectivity index (χ0n) is 14.1. The maximum absolute atomic E-state index is 14.0. The van der Waals surface area contributed by atoms with Gasteiger partial charge in [-0.15, -0.1) is 0 Å². The molecule has 1 fully saturated rings. The van der Waals surface area contributed by atoms with E-state index in [9.17, 15) is 9.18 Å². The van der Waals surface area contributed by atoms with Gasteiger partial charge in [-0.1, -0.05) is 12.1 Å². The molecule has 2 amide bonds. The molecule has 0 unspecified atom stereocenters. The predicted octanol–water partition coefficient (Wildman–Crippen LogP) is 3.11. The monoisotopic (exact) mass is 336 g/mol. The van der Waals surface area contributed by atoms with Crippen molar-refractivity contribution < 1.29 is 18.7 Å². The summed E-state index contributed by atoms with van der Waals surface area (Å²) in [6, 6.07) is 4.58. The summed E-state index contributed by atoms with van der Waals surface area (Å²) >= 11 is 0. The third kappa shape index (κ3) is 3.80. The molecule has 0 saturated carbocycles. The molecule has 0 radical (unpaired) electrons. The Morgan fingerprint density at radius 2 is 2.33 bits per heavy atom. The van der Waals surface area contributed by atoms with Crippen LogP contribution < -0.4 is 10.1 Å². The molecule has 1 aromatic rings. The Balaban J connectivity index is 1.64. The van der Waals surface area contributed by atoms with Crippen molar-refractivity contribution in [1.29, 1.82) is 0 Å². The van der Waals surface area contributed by atoms with Crippen LogP contribution in [0, 0.1) is 11.7 Å². The van der Waals surface area contributed by atoms with E-state index in [2.05, 4.69) is 5.32 Å². The largest absolute Gasteiger partial charge is 0.490 e. The summed E-state index contributed by atoms with van der Waals surface area (Å²) in [5.41, 5.74) is 0.728. The number of para-hydroxylation sites is 1. The smallest absolute Gasteiger partial charge is 0.317 e. The number of benzene rings is 1. The van der Waals surface area contributed by atoms with Crippen molar-refractivity contribution in [2.24, 2.45) is 5.92 Å². The number of carbonyl (C=O) groups excluding carboxylic acids is 1. The molecule has 2 heterocycles. The zero-order chi connectivity index (χ0) is 16.9. The average molecular weight is 336 g/mol. The van der Waals surface area contributed by atoms with E-state index in [1.807, 2.05) is 17.9 Å². The van der Waals surface area contributed by atoms with Gasteiger partial charge in [0.2, 0.25) is 0 Å². The minimum Gasteiger partial charge on any atom is -0.490 e. The Bertz CT molecular complexity index is 581. The molecule has 0 spiro atoms. The van der Waals surface area contributed by atoms with Crippen molar-refractivity contribution in [1.82, 2.24) is 10.2 Å². The summed E-state index contributed by atoms with van der Waals surface area (Å²) in [6.07, 6.45) is 2.50. The van der Waals surface area contributed by atoms with Gasteiger partial charge in [0.1, 0.15) is 0 Å². The number of rotatable bonds is 4. The van der Waals surface area contributed by atoms with Crippen molar-refractivity contribution in [2.75, 3.05) is 32.9 Å². The fraction of sp³-hybridized carbons (Fsp3) is 0.611. The third-order valence-corrected chi connectivity index (χ3v) is 4.68. The summed E-state index contributed by atoms with van der Waals surface area (Å²) in [4.78, 5) is 14.4. The van der Waals surface area contributed by atoms with Crippen LogP contribution >= 0.6 is 0 Å². The highest BCUT2D eigenvalue weighted by Gasteiger charge is 2.29. The molecule has 24 heavy (non-hydrogen) atoms. The lowest BCUT2D eigenvalue weighted by molar-refractivity contribution is 0.113. The minimum atomic E-state index is -0.369. The lowest BCUT2D eigenvalue weighted by Crippen LogP contribution is -2.40. The SMILES string of the molecule is CCOC[C@@H]1CCN(C(=O)N[C@@H]2CCCOc3c(F)cccc32)C1. The van der Waals surface area contributed by atoms with Gasteiger partial charge >= 0.3 is 6.03 Å². The van der Waals surface area contributed by atoms with Gasteiger partial charge in [-0.2, -0.15) is 0 Å². The second-order valence-corrected chi connectivity index (χ2v) is 6.41. The molecular weight excluding hydrogens is 311 g/mol. The Labute approximate surface area is 142 Å². The third-order valence-electron chi connectivity index (χ3n) is 4.68. The predicted molar refractivity (Wildman–Crippen MR) is 88.6 cm³/mol. The molecule has 3 rings (SSSR count). The van der Waals surface area contributed by atoms with Crippen LogP contribution in [0.5, 0.6) is 5.75 Å². The Hall–Kier alpha value is -1.82. The summed E-state index contributed by atoms with van der Waals surface area (Å²) in [5, 5.41) is 3.06. The van der Waals surface area contributed by atoms with Crippen molar-refractivity contribution in [3.05, 3.63) is 29.6 Å². The van der Waals surface area contributed by atoms with Crippen LogP contribution in [0.2, 0.25) is 0 Å². The molecule has 0 aromatic heterocycles. The second-order valence-electron chi connectivity index (χ2n) is 6.41. The van der Waals surface area contributed by atoms with E-state index in [-0.39, 0.29) is 23.6 Å². The maximum Gasteiger partial charge on any atom is 0.317 e. The van der Waals surface area contributed by atoms with Crippen LogP contribution in [0.4, 0.5) is 9.18 Å². The molecule has 0 aliphatic carbocycles. The van der Waals surface area contributed by atoms with E-state index in [1.54, 1.807) is 6.07 Å². The number of nitrogens with one attached hydrogen (secondary N) is 1.